The number of carbonyl (C=O) groups is 1. The summed E-state index contributed by atoms with van der Waals surface area (Å²) >= 11 is 0. The third-order valence-corrected chi connectivity index (χ3v) is 3.99. The summed E-state index contributed by atoms with van der Waals surface area (Å²) in [6.45, 7) is 4.21. The van der Waals surface area contributed by atoms with Crippen molar-refractivity contribution in [1.29, 1.82) is 0 Å². The first-order valence-corrected chi connectivity index (χ1v) is 7.77. The fraction of sp³-hybridized carbons (Fsp3) is 0.500. The summed E-state index contributed by atoms with van der Waals surface area (Å²) in [6, 6.07) is 9.05. The number of ether oxygens (including phenoxy) is 1. The fourth-order valence-electron chi connectivity index (χ4n) is 1.37. The molecule has 3 atom stereocenters. The molecule has 0 heterocycles. The van der Waals surface area contributed by atoms with Crippen LogP contribution in [0, 0.1) is 0 Å². The second-order valence-electron chi connectivity index (χ2n) is 4.28. The summed E-state index contributed by atoms with van der Waals surface area (Å²) in [4.78, 5) is 10.8. The van der Waals surface area contributed by atoms with Crippen molar-refractivity contribution in [2.24, 2.45) is 0 Å². The van der Waals surface area contributed by atoms with E-state index in [-0.39, 0.29) is 12.1 Å². The van der Waals surface area contributed by atoms with Crippen molar-refractivity contribution in [1.82, 2.24) is 5.09 Å². The highest BCUT2D eigenvalue weighted by Gasteiger charge is 2.18. The molecule has 0 aliphatic carbocycles. The van der Waals surface area contributed by atoms with Gasteiger partial charge >= 0.3 is 8.53 Å². The predicted octanol–water partition coefficient (Wildman–Crippen LogP) is 2.91. The van der Waals surface area contributed by atoms with Crippen LogP contribution in [0.15, 0.2) is 30.3 Å². The van der Waals surface area contributed by atoms with E-state index in [9.17, 15) is 4.79 Å². The Bertz CT molecular complexity index is 373. The minimum atomic E-state index is -1.39. The van der Waals surface area contributed by atoms with E-state index >= 15 is 0 Å². The average molecular weight is 299 g/mol. The molecule has 0 aromatic heterocycles. The molecule has 0 saturated heterocycles. The number of carbonyl (C=O) groups excluding carboxylic acids is 1. The molecular weight excluding hydrogens is 277 g/mol. The van der Waals surface area contributed by atoms with Gasteiger partial charge in [-0.15, -0.1) is 0 Å². The van der Waals surface area contributed by atoms with Crippen LogP contribution >= 0.6 is 8.53 Å². The Hall–Kier alpha value is -1.00. The molecule has 0 fully saturated rings. The molecule has 5 nitrogen and oxygen atoms in total. The molecule has 0 saturated carbocycles. The number of rotatable bonds is 10. The van der Waals surface area contributed by atoms with Gasteiger partial charge in [-0.05, 0) is 25.5 Å². The van der Waals surface area contributed by atoms with Crippen LogP contribution in [0.1, 0.15) is 20.3 Å². The van der Waals surface area contributed by atoms with Gasteiger partial charge in [0.1, 0.15) is 12.0 Å². The lowest BCUT2D eigenvalue weighted by molar-refractivity contribution is -0.108. The van der Waals surface area contributed by atoms with E-state index in [0.29, 0.717) is 12.4 Å². The monoisotopic (exact) mass is 299 g/mol. The Morgan fingerprint density at radius 1 is 1.35 bits per heavy atom. The highest BCUT2D eigenvalue weighted by Crippen LogP contribution is 2.36. The first-order chi connectivity index (χ1) is 9.69. The van der Waals surface area contributed by atoms with Crippen molar-refractivity contribution in [3.63, 3.8) is 0 Å². The number of hydrogen-bond donors (Lipinski definition) is 1. The topological polar surface area (TPSA) is 56.8 Å². The predicted molar refractivity (Wildman–Crippen MR) is 79.7 cm³/mol. The number of methoxy groups -OCH3 is 1. The van der Waals surface area contributed by atoms with Crippen LogP contribution in [0.4, 0.5) is 0 Å². The maximum atomic E-state index is 10.8. The largest absolute Gasteiger partial charge is 0.436 e. The molecule has 0 bridgehead atoms. The maximum absolute atomic E-state index is 10.8. The Kier molecular flexibility index (Phi) is 8.38. The summed E-state index contributed by atoms with van der Waals surface area (Å²) in [6.07, 6.45) is 1.70. The van der Waals surface area contributed by atoms with E-state index in [0.717, 1.165) is 12.7 Å². The SMILES string of the molecule is CC[C@@H](COP(N[C@H](C)C=O)Oc1ccccc1)OC. The number of hydrogen-bond acceptors (Lipinski definition) is 5. The van der Waals surface area contributed by atoms with Crippen LogP contribution < -0.4 is 9.61 Å². The van der Waals surface area contributed by atoms with Crippen molar-refractivity contribution in [2.45, 2.75) is 32.4 Å². The van der Waals surface area contributed by atoms with E-state index in [1.165, 1.54) is 0 Å². The minimum Gasteiger partial charge on any atom is -0.436 e. The van der Waals surface area contributed by atoms with Crippen LogP contribution in [-0.4, -0.2) is 32.1 Å². The summed E-state index contributed by atoms with van der Waals surface area (Å²) in [5, 5.41) is 3.02. The lowest BCUT2D eigenvalue weighted by Gasteiger charge is -2.22. The fourth-order valence-corrected chi connectivity index (χ4v) is 2.56. The van der Waals surface area contributed by atoms with Gasteiger partial charge in [-0.3, -0.25) is 0 Å². The molecule has 20 heavy (non-hydrogen) atoms. The van der Waals surface area contributed by atoms with Gasteiger partial charge in [0.2, 0.25) is 0 Å². The van der Waals surface area contributed by atoms with Crippen LogP contribution in [-0.2, 0) is 14.1 Å². The van der Waals surface area contributed by atoms with Gasteiger partial charge in [0.25, 0.3) is 0 Å². The second-order valence-corrected chi connectivity index (χ2v) is 5.49. The molecule has 1 aromatic carbocycles. The Balaban J connectivity index is 2.57. The number of aldehydes is 1. The molecule has 0 aliphatic rings. The normalized spacial score (nSPS) is 15.3. The van der Waals surface area contributed by atoms with Crippen molar-refractivity contribution in [3.8, 4) is 5.75 Å². The van der Waals surface area contributed by atoms with Gasteiger partial charge in [-0.2, -0.15) is 0 Å². The van der Waals surface area contributed by atoms with Gasteiger partial charge in [-0.25, -0.2) is 5.09 Å². The highest BCUT2D eigenvalue weighted by atomic mass is 31.2. The molecule has 1 N–H and O–H groups in total. The summed E-state index contributed by atoms with van der Waals surface area (Å²) in [7, 11) is 0.265. The number of nitrogens with one attached hydrogen (secondary N) is 1. The van der Waals surface area contributed by atoms with Crippen molar-refractivity contribution in [2.75, 3.05) is 13.7 Å². The van der Waals surface area contributed by atoms with Crippen LogP contribution in [0.5, 0.6) is 5.75 Å². The smallest absolute Gasteiger partial charge is 0.318 e. The third kappa shape index (κ3) is 6.44. The standard InChI is InChI=1S/C14H22NO4P/c1-4-13(17-3)11-18-20(15-12(2)10-16)19-14-8-6-5-7-9-14/h5-10,12-13,15H,4,11H2,1-3H3/t12-,13+,20?/m1/s1. The van der Waals surface area contributed by atoms with Gasteiger partial charge in [0, 0.05) is 7.11 Å². The molecule has 0 radical (unpaired) electrons. The van der Waals surface area contributed by atoms with E-state index in [1.54, 1.807) is 14.0 Å². The highest BCUT2D eigenvalue weighted by molar-refractivity contribution is 7.45. The molecule has 6 heteroatoms. The Morgan fingerprint density at radius 2 is 2.05 bits per heavy atom. The summed E-state index contributed by atoms with van der Waals surface area (Å²) in [5.41, 5.74) is 0. The lowest BCUT2D eigenvalue weighted by Crippen LogP contribution is -2.27. The van der Waals surface area contributed by atoms with Gasteiger partial charge in [0.15, 0.2) is 0 Å². The van der Waals surface area contributed by atoms with E-state index in [4.69, 9.17) is 13.8 Å². The zero-order valence-electron chi connectivity index (χ0n) is 12.1. The van der Waals surface area contributed by atoms with Crippen molar-refractivity contribution in [3.05, 3.63) is 30.3 Å². The third-order valence-electron chi connectivity index (χ3n) is 2.61. The van der Waals surface area contributed by atoms with Crippen molar-refractivity contribution < 1.29 is 18.6 Å². The van der Waals surface area contributed by atoms with E-state index < -0.39 is 8.53 Å². The quantitative estimate of drug-likeness (QED) is 0.532. The van der Waals surface area contributed by atoms with Crippen LogP contribution in [0.2, 0.25) is 0 Å². The zero-order chi connectivity index (χ0) is 14.8. The maximum Gasteiger partial charge on any atom is 0.318 e. The first-order valence-electron chi connectivity index (χ1n) is 6.59. The molecule has 0 amide bonds. The molecule has 1 rings (SSSR count). The first kappa shape index (κ1) is 17.1. The second kappa shape index (κ2) is 9.83. The van der Waals surface area contributed by atoms with E-state index in [1.807, 2.05) is 37.3 Å². The lowest BCUT2D eigenvalue weighted by atomic mass is 10.3. The summed E-state index contributed by atoms with van der Waals surface area (Å²) < 4.78 is 16.7. The summed E-state index contributed by atoms with van der Waals surface area (Å²) in [5.74, 6) is 0.703. The molecular formula is C14H22NO4P. The molecule has 1 aromatic rings. The molecule has 0 aliphatic heterocycles. The van der Waals surface area contributed by atoms with Crippen molar-refractivity contribution >= 4 is 14.8 Å². The Labute approximate surface area is 121 Å². The van der Waals surface area contributed by atoms with E-state index in [2.05, 4.69) is 5.09 Å². The zero-order valence-corrected chi connectivity index (χ0v) is 13.0. The Morgan fingerprint density at radius 3 is 2.60 bits per heavy atom. The molecule has 1 unspecified atom stereocenters. The minimum absolute atomic E-state index is 0.0210. The molecule has 0 spiro atoms. The van der Waals surface area contributed by atoms with Gasteiger partial charge in [0.05, 0.1) is 18.8 Å². The van der Waals surface area contributed by atoms with Crippen LogP contribution in [0.25, 0.3) is 0 Å². The van der Waals surface area contributed by atoms with Gasteiger partial charge < -0.3 is 18.6 Å². The molecule has 112 valence electrons. The average Bonchev–Trinajstić information content (AvgIpc) is 2.49. The number of para-hydroxylation sites is 1. The van der Waals surface area contributed by atoms with Gasteiger partial charge in [-0.1, -0.05) is 25.1 Å². The van der Waals surface area contributed by atoms with Crippen LogP contribution in [0.3, 0.4) is 0 Å². The number of benzene rings is 1.